The molecule has 0 unspecified atom stereocenters. The summed E-state index contributed by atoms with van der Waals surface area (Å²) >= 11 is 0. The second-order valence-corrected chi connectivity index (χ2v) is 5.01. The summed E-state index contributed by atoms with van der Waals surface area (Å²) in [6, 6.07) is 11.3. The normalized spacial score (nSPS) is 11.9. The van der Waals surface area contributed by atoms with E-state index in [0.29, 0.717) is 18.7 Å². The Balaban J connectivity index is 1.90. The van der Waals surface area contributed by atoms with Crippen LogP contribution in [0.1, 0.15) is 26.2 Å². The number of hydrogen-bond donors (Lipinski definition) is 2. The summed E-state index contributed by atoms with van der Waals surface area (Å²) in [6.45, 7) is 1.80. The van der Waals surface area contributed by atoms with E-state index in [-0.39, 0.29) is 12.3 Å². The van der Waals surface area contributed by atoms with E-state index in [9.17, 15) is 9.59 Å². The number of amides is 1. The maximum Gasteiger partial charge on any atom is 0.306 e. The molecule has 1 heterocycles. The lowest BCUT2D eigenvalue weighted by Crippen LogP contribution is -2.18. The second kappa shape index (κ2) is 7.40. The van der Waals surface area contributed by atoms with Crippen molar-refractivity contribution in [2.75, 3.05) is 5.32 Å². The lowest BCUT2D eigenvalue weighted by molar-refractivity contribution is -0.142. The predicted molar refractivity (Wildman–Crippen MR) is 82.8 cm³/mol. The van der Waals surface area contributed by atoms with Crippen LogP contribution in [-0.2, 0) is 9.59 Å². The molecule has 6 nitrogen and oxygen atoms in total. The summed E-state index contributed by atoms with van der Waals surface area (Å²) in [4.78, 5) is 22.8. The van der Waals surface area contributed by atoms with Gasteiger partial charge < -0.3 is 10.4 Å². The number of rotatable bonds is 7. The van der Waals surface area contributed by atoms with E-state index in [1.807, 2.05) is 30.3 Å². The first-order chi connectivity index (χ1) is 10.6. The van der Waals surface area contributed by atoms with Gasteiger partial charge in [0.2, 0.25) is 5.91 Å². The van der Waals surface area contributed by atoms with Crippen molar-refractivity contribution in [3.63, 3.8) is 0 Å². The zero-order chi connectivity index (χ0) is 15.9. The maximum atomic E-state index is 11.8. The van der Waals surface area contributed by atoms with Gasteiger partial charge in [-0.3, -0.25) is 9.59 Å². The molecule has 1 aromatic heterocycles. The monoisotopic (exact) mass is 301 g/mol. The van der Waals surface area contributed by atoms with Gasteiger partial charge >= 0.3 is 5.97 Å². The zero-order valence-electron chi connectivity index (χ0n) is 12.4. The van der Waals surface area contributed by atoms with Gasteiger partial charge in [-0.15, -0.1) is 0 Å². The van der Waals surface area contributed by atoms with E-state index >= 15 is 0 Å². The minimum Gasteiger partial charge on any atom is -0.481 e. The summed E-state index contributed by atoms with van der Waals surface area (Å²) in [7, 11) is 0. The van der Waals surface area contributed by atoms with Gasteiger partial charge in [0.25, 0.3) is 0 Å². The van der Waals surface area contributed by atoms with Gasteiger partial charge in [-0.25, -0.2) is 4.68 Å². The number of carbonyl (C=O) groups excluding carboxylic acids is 1. The van der Waals surface area contributed by atoms with Gasteiger partial charge in [0.05, 0.1) is 11.6 Å². The summed E-state index contributed by atoms with van der Waals surface area (Å²) in [5, 5.41) is 15.9. The molecule has 1 atom stereocenters. The van der Waals surface area contributed by atoms with Crippen molar-refractivity contribution in [2.45, 2.75) is 26.2 Å². The van der Waals surface area contributed by atoms with Crippen LogP contribution in [0.15, 0.2) is 42.6 Å². The van der Waals surface area contributed by atoms with Gasteiger partial charge in [0.15, 0.2) is 5.82 Å². The average molecular weight is 301 g/mol. The first kappa shape index (κ1) is 15.8. The quantitative estimate of drug-likeness (QED) is 0.823. The molecule has 1 aromatic carbocycles. The number of carboxylic acid groups (broad SMARTS) is 1. The molecule has 2 N–H and O–H groups in total. The van der Waals surface area contributed by atoms with E-state index in [1.165, 1.54) is 0 Å². The van der Waals surface area contributed by atoms with Gasteiger partial charge in [-0.2, -0.15) is 5.10 Å². The molecule has 0 aliphatic carbocycles. The molecule has 1 amide bonds. The average Bonchev–Trinajstić information content (AvgIpc) is 2.97. The molecule has 0 spiro atoms. The van der Waals surface area contributed by atoms with Crippen LogP contribution in [0.2, 0.25) is 0 Å². The summed E-state index contributed by atoms with van der Waals surface area (Å²) in [5.41, 5.74) is 0.903. The molecule has 0 saturated carbocycles. The molecule has 0 aliphatic heterocycles. The van der Waals surface area contributed by atoms with Crippen molar-refractivity contribution in [3.8, 4) is 5.69 Å². The first-order valence-electron chi connectivity index (χ1n) is 7.24. The minimum atomic E-state index is -0.858. The predicted octanol–water partition coefficient (Wildman–Crippen LogP) is 2.70. The van der Waals surface area contributed by atoms with Crippen LogP contribution in [-0.4, -0.2) is 26.8 Å². The van der Waals surface area contributed by atoms with Crippen molar-refractivity contribution in [2.24, 2.45) is 5.92 Å². The number of nitrogens with zero attached hydrogens (tertiary/aromatic N) is 2. The van der Waals surface area contributed by atoms with Crippen LogP contribution in [0.4, 0.5) is 5.82 Å². The lowest BCUT2D eigenvalue weighted by atomic mass is 10.0. The molecule has 0 aliphatic rings. The summed E-state index contributed by atoms with van der Waals surface area (Å²) in [6.07, 6.45) is 2.78. The highest BCUT2D eigenvalue weighted by molar-refractivity contribution is 5.90. The minimum absolute atomic E-state index is 0.170. The van der Waals surface area contributed by atoms with Crippen molar-refractivity contribution in [1.82, 2.24) is 9.78 Å². The number of benzene rings is 1. The SMILES string of the molecule is CC[C@H](CCC(=O)Nc1ccn(-c2ccccc2)n1)C(=O)O. The Morgan fingerprint density at radius 1 is 1.27 bits per heavy atom. The Hall–Kier alpha value is -2.63. The van der Waals surface area contributed by atoms with E-state index in [4.69, 9.17) is 5.11 Å². The van der Waals surface area contributed by atoms with Gasteiger partial charge in [-0.05, 0) is 25.0 Å². The number of aromatic nitrogens is 2. The molecule has 116 valence electrons. The zero-order valence-corrected chi connectivity index (χ0v) is 12.4. The van der Waals surface area contributed by atoms with E-state index in [2.05, 4.69) is 10.4 Å². The van der Waals surface area contributed by atoms with Gasteiger partial charge in [-0.1, -0.05) is 25.1 Å². The smallest absolute Gasteiger partial charge is 0.306 e. The van der Waals surface area contributed by atoms with Crippen LogP contribution in [0.5, 0.6) is 0 Å². The van der Waals surface area contributed by atoms with Gasteiger partial charge in [0, 0.05) is 18.7 Å². The largest absolute Gasteiger partial charge is 0.481 e. The fourth-order valence-electron chi connectivity index (χ4n) is 2.13. The summed E-state index contributed by atoms with van der Waals surface area (Å²) < 4.78 is 1.67. The molecular weight excluding hydrogens is 282 g/mol. The summed E-state index contributed by atoms with van der Waals surface area (Å²) in [5.74, 6) is -1.11. The molecule has 2 aromatic rings. The van der Waals surface area contributed by atoms with Crippen LogP contribution < -0.4 is 5.32 Å². The highest BCUT2D eigenvalue weighted by atomic mass is 16.4. The third-order valence-corrected chi connectivity index (χ3v) is 3.44. The van der Waals surface area contributed by atoms with Crippen LogP contribution >= 0.6 is 0 Å². The highest BCUT2D eigenvalue weighted by Crippen LogP contribution is 2.13. The molecule has 0 fully saturated rings. The molecule has 0 bridgehead atoms. The third-order valence-electron chi connectivity index (χ3n) is 3.44. The Morgan fingerprint density at radius 3 is 2.64 bits per heavy atom. The Kier molecular flexibility index (Phi) is 5.30. The number of hydrogen-bond acceptors (Lipinski definition) is 3. The molecule has 0 saturated heterocycles. The van der Waals surface area contributed by atoms with E-state index in [0.717, 1.165) is 5.69 Å². The van der Waals surface area contributed by atoms with Crippen molar-refractivity contribution >= 4 is 17.7 Å². The standard InChI is InChI=1S/C16H19N3O3/c1-2-12(16(21)22)8-9-15(20)17-14-10-11-19(18-14)13-6-4-3-5-7-13/h3-7,10-12H,2,8-9H2,1H3,(H,21,22)(H,17,18,20)/t12-/m1/s1. The van der Waals surface area contributed by atoms with Crippen molar-refractivity contribution < 1.29 is 14.7 Å². The molecular formula is C16H19N3O3. The molecule has 6 heteroatoms. The van der Waals surface area contributed by atoms with Gasteiger partial charge in [0.1, 0.15) is 0 Å². The Labute approximate surface area is 128 Å². The Bertz CT molecular complexity index is 637. The number of nitrogens with one attached hydrogen (secondary N) is 1. The van der Waals surface area contributed by atoms with Crippen LogP contribution in [0, 0.1) is 5.92 Å². The molecule has 22 heavy (non-hydrogen) atoms. The fraction of sp³-hybridized carbons (Fsp3) is 0.312. The number of anilines is 1. The number of aliphatic carboxylic acids is 1. The number of carbonyl (C=O) groups is 2. The lowest BCUT2D eigenvalue weighted by Gasteiger charge is -2.08. The fourth-order valence-corrected chi connectivity index (χ4v) is 2.13. The highest BCUT2D eigenvalue weighted by Gasteiger charge is 2.16. The third kappa shape index (κ3) is 4.18. The number of para-hydroxylation sites is 1. The van der Waals surface area contributed by atoms with E-state index < -0.39 is 11.9 Å². The Morgan fingerprint density at radius 2 is 2.00 bits per heavy atom. The molecule has 0 radical (unpaired) electrons. The second-order valence-electron chi connectivity index (χ2n) is 5.01. The number of carboxylic acids is 1. The maximum absolute atomic E-state index is 11.8. The van der Waals surface area contributed by atoms with Crippen molar-refractivity contribution in [3.05, 3.63) is 42.6 Å². The van der Waals surface area contributed by atoms with Crippen LogP contribution in [0.3, 0.4) is 0 Å². The van der Waals surface area contributed by atoms with Crippen LogP contribution in [0.25, 0.3) is 5.69 Å². The van der Waals surface area contributed by atoms with E-state index in [1.54, 1.807) is 23.9 Å². The topological polar surface area (TPSA) is 84.2 Å². The first-order valence-corrected chi connectivity index (χ1v) is 7.24. The molecule has 2 rings (SSSR count). The van der Waals surface area contributed by atoms with Crippen molar-refractivity contribution in [1.29, 1.82) is 0 Å².